The molecule has 5 nitrogen and oxygen atoms in total. The van der Waals surface area contributed by atoms with E-state index >= 15 is 0 Å². The minimum Gasteiger partial charge on any atom is -0.351 e. The van der Waals surface area contributed by atoms with Crippen molar-refractivity contribution in [3.8, 4) is 0 Å². The number of hydrogen-bond acceptors (Lipinski definition) is 4. The van der Waals surface area contributed by atoms with Gasteiger partial charge in [-0.3, -0.25) is 0 Å². The Labute approximate surface area is 111 Å². The highest BCUT2D eigenvalue weighted by Crippen LogP contribution is 2.32. The molecule has 0 saturated carbocycles. The van der Waals surface area contributed by atoms with Gasteiger partial charge >= 0.3 is 0 Å². The predicted molar refractivity (Wildman–Crippen MR) is 71.9 cm³/mol. The summed E-state index contributed by atoms with van der Waals surface area (Å²) in [6.07, 6.45) is 4.04. The zero-order chi connectivity index (χ0) is 12.7. The fourth-order valence-corrected chi connectivity index (χ4v) is 2.91. The third-order valence-corrected chi connectivity index (χ3v) is 3.75. The highest BCUT2D eigenvalue weighted by atomic mass is 35.5. The van der Waals surface area contributed by atoms with Crippen LogP contribution < -0.4 is 4.90 Å². The Morgan fingerprint density at radius 2 is 2.28 bits per heavy atom. The van der Waals surface area contributed by atoms with E-state index in [4.69, 9.17) is 11.6 Å². The molecule has 3 heterocycles. The van der Waals surface area contributed by atoms with Crippen LogP contribution in [0.5, 0.6) is 0 Å². The Hall–Kier alpha value is -1.36. The number of H-pyrrole nitrogens is 1. The maximum Gasteiger partial charge on any atom is 0.226 e. The number of imidazole rings is 1. The smallest absolute Gasteiger partial charge is 0.226 e. The van der Waals surface area contributed by atoms with E-state index in [0.29, 0.717) is 17.6 Å². The molecular formula is C12H16ClN5. The fourth-order valence-electron chi connectivity index (χ4n) is 2.75. The number of aromatic amines is 1. The number of anilines is 1. The second-order valence-corrected chi connectivity index (χ2v) is 5.40. The lowest BCUT2D eigenvalue weighted by molar-refractivity contribution is 0.490. The highest BCUT2D eigenvalue weighted by Gasteiger charge is 2.30. The first-order valence-corrected chi connectivity index (χ1v) is 6.68. The van der Waals surface area contributed by atoms with Gasteiger partial charge in [0.2, 0.25) is 5.28 Å². The number of nitrogens with zero attached hydrogens (tertiary/aromatic N) is 4. The average molecular weight is 266 g/mol. The van der Waals surface area contributed by atoms with Crippen LogP contribution in [0.1, 0.15) is 26.7 Å². The number of nitrogens with one attached hydrogen (secondary N) is 1. The van der Waals surface area contributed by atoms with Gasteiger partial charge in [-0.25, -0.2) is 4.98 Å². The molecule has 0 bridgehead atoms. The molecule has 6 heteroatoms. The molecule has 1 aliphatic heterocycles. The van der Waals surface area contributed by atoms with Crippen molar-refractivity contribution in [1.29, 1.82) is 0 Å². The molecule has 2 aromatic heterocycles. The lowest BCUT2D eigenvalue weighted by Gasteiger charge is -2.28. The van der Waals surface area contributed by atoms with Gasteiger partial charge in [-0.05, 0) is 30.4 Å². The van der Waals surface area contributed by atoms with E-state index in [1.165, 1.54) is 12.8 Å². The Kier molecular flexibility index (Phi) is 2.86. The maximum atomic E-state index is 5.98. The zero-order valence-electron chi connectivity index (χ0n) is 10.5. The van der Waals surface area contributed by atoms with Gasteiger partial charge in [0.25, 0.3) is 0 Å². The largest absolute Gasteiger partial charge is 0.351 e. The van der Waals surface area contributed by atoms with Gasteiger partial charge in [0.1, 0.15) is 5.52 Å². The molecule has 3 rings (SSSR count). The molecular weight excluding hydrogens is 250 g/mol. The molecule has 1 atom stereocenters. The molecule has 1 fully saturated rings. The van der Waals surface area contributed by atoms with Crippen molar-refractivity contribution in [2.24, 2.45) is 5.92 Å². The van der Waals surface area contributed by atoms with Crippen molar-refractivity contribution in [2.75, 3.05) is 11.4 Å². The molecule has 0 spiro atoms. The molecule has 0 radical (unpaired) electrons. The van der Waals surface area contributed by atoms with E-state index in [2.05, 4.69) is 38.7 Å². The summed E-state index contributed by atoms with van der Waals surface area (Å²) in [5, 5.41) is 0.263. The second kappa shape index (κ2) is 4.39. The number of aromatic nitrogens is 4. The Morgan fingerprint density at radius 1 is 1.44 bits per heavy atom. The molecule has 0 aromatic carbocycles. The Bertz CT molecular complexity index is 565. The first-order valence-electron chi connectivity index (χ1n) is 6.30. The van der Waals surface area contributed by atoms with Crippen LogP contribution in [-0.2, 0) is 0 Å². The normalized spacial score (nSPS) is 20.2. The van der Waals surface area contributed by atoms with Crippen LogP contribution in [-0.4, -0.2) is 32.5 Å². The quantitative estimate of drug-likeness (QED) is 0.848. The van der Waals surface area contributed by atoms with E-state index in [-0.39, 0.29) is 5.28 Å². The van der Waals surface area contributed by atoms with Gasteiger partial charge in [0, 0.05) is 12.6 Å². The van der Waals surface area contributed by atoms with E-state index in [1.54, 1.807) is 6.33 Å². The van der Waals surface area contributed by atoms with Crippen molar-refractivity contribution in [3.63, 3.8) is 0 Å². The van der Waals surface area contributed by atoms with Gasteiger partial charge < -0.3 is 9.88 Å². The predicted octanol–water partition coefficient (Wildman–Crippen LogP) is 2.63. The van der Waals surface area contributed by atoms with Crippen LogP contribution in [0.25, 0.3) is 11.2 Å². The molecule has 0 amide bonds. The summed E-state index contributed by atoms with van der Waals surface area (Å²) in [6, 6.07) is 0.516. The first kappa shape index (κ1) is 11.7. The summed E-state index contributed by atoms with van der Waals surface area (Å²) >= 11 is 5.98. The topological polar surface area (TPSA) is 57.7 Å². The van der Waals surface area contributed by atoms with Gasteiger partial charge in [-0.1, -0.05) is 13.8 Å². The highest BCUT2D eigenvalue weighted by molar-refractivity contribution is 6.28. The van der Waals surface area contributed by atoms with E-state index in [0.717, 1.165) is 17.9 Å². The number of halogens is 1. The summed E-state index contributed by atoms with van der Waals surface area (Å²) in [5.74, 6) is 1.48. The maximum absolute atomic E-state index is 5.98. The van der Waals surface area contributed by atoms with Gasteiger partial charge in [-0.15, -0.1) is 0 Å². The van der Waals surface area contributed by atoms with Crippen LogP contribution in [0.4, 0.5) is 5.82 Å². The van der Waals surface area contributed by atoms with Gasteiger partial charge in [0.05, 0.1) is 6.33 Å². The number of rotatable bonds is 2. The third-order valence-electron chi connectivity index (χ3n) is 3.58. The minimum absolute atomic E-state index is 0.263. The molecule has 96 valence electrons. The molecule has 2 aromatic rings. The molecule has 1 unspecified atom stereocenters. The number of fused-ring (bicyclic) bond motifs is 1. The fraction of sp³-hybridized carbons (Fsp3) is 0.583. The van der Waals surface area contributed by atoms with E-state index in [1.807, 2.05) is 0 Å². The number of hydrogen-bond donors (Lipinski definition) is 1. The second-order valence-electron chi connectivity index (χ2n) is 5.06. The van der Waals surface area contributed by atoms with Crippen molar-refractivity contribution in [2.45, 2.75) is 32.7 Å². The lowest BCUT2D eigenvalue weighted by atomic mass is 10.0. The van der Waals surface area contributed by atoms with Crippen molar-refractivity contribution < 1.29 is 0 Å². The van der Waals surface area contributed by atoms with Crippen LogP contribution in [0, 0.1) is 5.92 Å². The average Bonchev–Trinajstić information content (AvgIpc) is 2.95. The zero-order valence-corrected chi connectivity index (χ0v) is 11.3. The van der Waals surface area contributed by atoms with Crippen LogP contribution >= 0.6 is 11.6 Å². The van der Waals surface area contributed by atoms with Crippen molar-refractivity contribution >= 4 is 28.6 Å². The molecule has 0 aliphatic carbocycles. The first-order chi connectivity index (χ1) is 8.66. The van der Waals surface area contributed by atoms with E-state index in [9.17, 15) is 0 Å². The summed E-state index contributed by atoms with van der Waals surface area (Å²) in [5.41, 5.74) is 1.52. The summed E-state index contributed by atoms with van der Waals surface area (Å²) in [7, 11) is 0. The SMILES string of the molecule is CC(C)C1CCCN1c1nc(Cl)nc2nc[nH]c12. The standard InChI is InChI=1S/C12H16ClN5/c1-7(2)8-4-3-5-18(8)11-9-10(15-6-14-9)16-12(13)17-11/h6-8H,3-5H2,1-2H3,(H,14,15,16,17). The molecule has 1 saturated heterocycles. The third kappa shape index (κ3) is 1.82. The summed E-state index contributed by atoms with van der Waals surface area (Å²) in [4.78, 5) is 18.1. The van der Waals surface area contributed by atoms with Gasteiger partial charge in [0.15, 0.2) is 11.5 Å². The van der Waals surface area contributed by atoms with Gasteiger partial charge in [-0.2, -0.15) is 9.97 Å². The Morgan fingerprint density at radius 3 is 3.06 bits per heavy atom. The van der Waals surface area contributed by atoms with Crippen molar-refractivity contribution in [1.82, 2.24) is 19.9 Å². The Balaban J connectivity index is 2.10. The minimum atomic E-state index is 0.263. The molecule has 1 N–H and O–H groups in total. The van der Waals surface area contributed by atoms with Crippen LogP contribution in [0.3, 0.4) is 0 Å². The molecule has 18 heavy (non-hydrogen) atoms. The van der Waals surface area contributed by atoms with Crippen LogP contribution in [0.15, 0.2) is 6.33 Å². The monoisotopic (exact) mass is 265 g/mol. The van der Waals surface area contributed by atoms with Crippen molar-refractivity contribution in [3.05, 3.63) is 11.6 Å². The lowest BCUT2D eigenvalue weighted by Crippen LogP contribution is -2.34. The van der Waals surface area contributed by atoms with E-state index < -0.39 is 0 Å². The summed E-state index contributed by atoms with van der Waals surface area (Å²) < 4.78 is 0. The molecule has 1 aliphatic rings. The van der Waals surface area contributed by atoms with Crippen LogP contribution in [0.2, 0.25) is 5.28 Å². The summed E-state index contributed by atoms with van der Waals surface area (Å²) in [6.45, 7) is 5.51.